The highest BCUT2D eigenvalue weighted by Gasteiger charge is 2.27. The number of thiophene rings is 1. The van der Waals surface area contributed by atoms with Crippen molar-refractivity contribution in [1.29, 1.82) is 0 Å². The number of carbonyl (C=O) groups is 1. The lowest BCUT2D eigenvalue weighted by Gasteiger charge is -2.38. The number of aliphatic hydroxyl groups excluding tert-OH is 1. The van der Waals surface area contributed by atoms with Gasteiger partial charge in [-0.25, -0.2) is 0 Å². The standard InChI is InChI=1S/C14H18N2O2S/c1-11-10-15(2)7-8-16(11)14(18)13-6-5-12(19-13)4-3-9-17/h5-6,11,17H,7-10H2,1-2H3. The van der Waals surface area contributed by atoms with Crippen molar-refractivity contribution >= 4 is 17.2 Å². The Bertz CT molecular complexity index is 515. The van der Waals surface area contributed by atoms with Crippen LogP contribution in [0, 0.1) is 11.8 Å². The number of aliphatic hydroxyl groups is 1. The molecule has 0 bridgehead atoms. The molecule has 102 valence electrons. The highest BCUT2D eigenvalue weighted by atomic mass is 32.1. The second-order valence-corrected chi connectivity index (χ2v) is 5.82. The highest BCUT2D eigenvalue weighted by Crippen LogP contribution is 2.20. The maximum absolute atomic E-state index is 12.4. The molecular formula is C14H18N2O2S. The molecule has 1 aromatic rings. The van der Waals surface area contributed by atoms with Gasteiger partial charge in [-0.15, -0.1) is 11.3 Å². The minimum Gasteiger partial charge on any atom is -0.384 e. The number of hydrogen-bond acceptors (Lipinski definition) is 4. The van der Waals surface area contributed by atoms with Crippen LogP contribution in [0.3, 0.4) is 0 Å². The summed E-state index contributed by atoms with van der Waals surface area (Å²) in [7, 11) is 2.08. The lowest BCUT2D eigenvalue weighted by atomic mass is 10.2. The van der Waals surface area contributed by atoms with E-state index < -0.39 is 0 Å². The number of hydrogen-bond donors (Lipinski definition) is 1. The molecule has 0 saturated carbocycles. The van der Waals surface area contributed by atoms with Crippen LogP contribution in [-0.2, 0) is 0 Å². The molecular weight excluding hydrogens is 260 g/mol. The van der Waals surface area contributed by atoms with Crippen molar-refractivity contribution in [3.63, 3.8) is 0 Å². The normalized spacial score (nSPS) is 19.9. The number of carbonyl (C=O) groups excluding carboxylic acids is 1. The van der Waals surface area contributed by atoms with Crippen molar-refractivity contribution in [2.75, 3.05) is 33.3 Å². The third-order valence-electron chi connectivity index (χ3n) is 3.20. The second-order valence-electron chi connectivity index (χ2n) is 4.73. The van der Waals surface area contributed by atoms with Crippen LogP contribution in [0.5, 0.6) is 0 Å². The Labute approximate surface area is 117 Å². The lowest BCUT2D eigenvalue weighted by Crippen LogP contribution is -2.52. The minimum atomic E-state index is -0.156. The van der Waals surface area contributed by atoms with E-state index in [0.717, 1.165) is 29.4 Å². The Morgan fingerprint density at radius 3 is 3.00 bits per heavy atom. The molecule has 19 heavy (non-hydrogen) atoms. The number of piperazine rings is 1. The van der Waals surface area contributed by atoms with Crippen LogP contribution in [0.4, 0.5) is 0 Å². The van der Waals surface area contributed by atoms with Gasteiger partial charge in [0, 0.05) is 25.7 Å². The Morgan fingerprint density at radius 2 is 2.32 bits per heavy atom. The maximum atomic E-state index is 12.4. The van der Waals surface area contributed by atoms with Crippen LogP contribution in [0.2, 0.25) is 0 Å². The first kappa shape index (κ1) is 14.1. The summed E-state index contributed by atoms with van der Waals surface area (Å²) in [4.78, 5) is 18.1. The van der Waals surface area contributed by atoms with E-state index in [9.17, 15) is 4.79 Å². The summed E-state index contributed by atoms with van der Waals surface area (Å²) < 4.78 is 0. The van der Waals surface area contributed by atoms with Gasteiger partial charge in [-0.3, -0.25) is 4.79 Å². The van der Waals surface area contributed by atoms with Crippen LogP contribution in [-0.4, -0.2) is 60.1 Å². The smallest absolute Gasteiger partial charge is 0.264 e. The molecule has 1 unspecified atom stereocenters. The van der Waals surface area contributed by atoms with E-state index in [2.05, 4.69) is 30.7 Å². The summed E-state index contributed by atoms with van der Waals surface area (Å²) in [5, 5.41) is 8.66. The lowest BCUT2D eigenvalue weighted by molar-refractivity contribution is 0.0538. The number of nitrogens with zero attached hydrogens (tertiary/aromatic N) is 2. The van der Waals surface area contributed by atoms with Gasteiger partial charge in [0.1, 0.15) is 6.61 Å². The van der Waals surface area contributed by atoms with Gasteiger partial charge >= 0.3 is 0 Å². The summed E-state index contributed by atoms with van der Waals surface area (Å²) >= 11 is 1.39. The molecule has 4 nitrogen and oxygen atoms in total. The van der Waals surface area contributed by atoms with Crippen LogP contribution in [0.25, 0.3) is 0 Å². The molecule has 1 aliphatic heterocycles. The predicted octanol–water partition coefficient (Wildman–Crippen LogP) is 0.868. The van der Waals surface area contributed by atoms with E-state index >= 15 is 0 Å². The van der Waals surface area contributed by atoms with Crippen molar-refractivity contribution in [2.45, 2.75) is 13.0 Å². The molecule has 1 saturated heterocycles. The van der Waals surface area contributed by atoms with Gasteiger partial charge in [-0.2, -0.15) is 0 Å². The monoisotopic (exact) mass is 278 g/mol. The van der Waals surface area contributed by atoms with Gasteiger partial charge < -0.3 is 14.9 Å². The third kappa shape index (κ3) is 3.35. The molecule has 1 aliphatic rings. The first-order valence-corrected chi connectivity index (χ1v) is 7.12. The summed E-state index contributed by atoms with van der Waals surface area (Å²) in [6, 6.07) is 3.89. The maximum Gasteiger partial charge on any atom is 0.264 e. The van der Waals surface area contributed by atoms with Gasteiger partial charge in [-0.1, -0.05) is 11.8 Å². The van der Waals surface area contributed by atoms with E-state index in [4.69, 9.17) is 5.11 Å². The minimum absolute atomic E-state index is 0.0858. The average molecular weight is 278 g/mol. The quantitative estimate of drug-likeness (QED) is 0.775. The van der Waals surface area contributed by atoms with Crippen LogP contribution >= 0.6 is 11.3 Å². The first-order chi connectivity index (χ1) is 9.11. The predicted molar refractivity (Wildman–Crippen MR) is 76.3 cm³/mol. The summed E-state index contributed by atoms with van der Waals surface area (Å²) in [5.41, 5.74) is 0. The van der Waals surface area contributed by atoms with E-state index in [0.29, 0.717) is 0 Å². The molecule has 1 atom stereocenters. The summed E-state index contributed by atoms with van der Waals surface area (Å²) in [6.07, 6.45) is 0. The van der Waals surface area contributed by atoms with Crippen LogP contribution in [0.1, 0.15) is 21.5 Å². The fourth-order valence-corrected chi connectivity index (χ4v) is 3.07. The Morgan fingerprint density at radius 1 is 1.53 bits per heavy atom. The van der Waals surface area contributed by atoms with E-state index in [1.807, 2.05) is 17.0 Å². The number of rotatable bonds is 1. The van der Waals surface area contributed by atoms with E-state index in [1.54, 1.807) is 0 Å². The topological polar surface area (TPSA) is 43.8 Å². The van der Waals surface area contributed by atoms with Crippen molar-refractivity contribution in [3.05, 3.63) is 21.9 Å². The summed E-state index contributed by atoms with van der Waals surface area (Å²) in [6.45, 7) is 4.52. The van der Waals surface area contributed by atoms with Crippen molar-refractivity contribution < 1.29 is 9.90 Å². The highest BCUT2D eigenvalue weighted by molar-refractivity contribution is 7.14. The van der Waals surface area contributed by atoms with Gasteiger partial charge in [0.05, 0.1) is 9.75 Å². The van der Waals surface area contributed by atoms with Crippen molar-refractivity contribution in [3.8, 4) is 11.8 Å². The zero-order chi connectivity index (χ0) is 13.8. The molecule has 0 radical (unpaired) electrons. The molecule has 0 spiro atoms. The number of likely N-dealkylation sites (N-methyl/N-ethyl adjacent to an activating group) is 1. The molecule has 0 aromatic carbocycles. The Hall–Kier alpha value is -1.35. The van der Waals surface area contributed by atoms with Crippen molar-refractivity contribution in [2.24, 2.45) is 0 Å². The SMILES string of the molecule is CC1CN(C)CCN1C(=O)c1ccc(C#CCO)s1. The fourth-order valence-electron chi connectivity index (χ4n) is 2.23. The average Bonchev–Trinajstić information content (AvgIpc) is 2.84. The second kappa shape index (κ2) is 6.20. The first-order valence-electron chi connectivity index (χ1n) is 6.31. The molecule has 5 heteroatoms. The summed E-state index contributed by atoms with van der Waals surface area (Å²) in [5.74, 6) is 5.51. The zero-order valence-corrected chi connectivity index (χ0v) is 12.0. The molecule has 1 fully saturated rings. The Balaban J connectivity index is 2.09. The van der Waals surface area contributed by atoms with E-state index in [1.165, 1.54) is 11.3 Å². The van der Waals surface area contributed by atoms with Crippen LogP contribution in [0.15, 0.2) is 12.1 Å². The molecule has 2 heterocycles. The molecule has 1 N–H and O–H groups in total. The molecule has 1 aromatic heterocycles. The Kier molecular flexibility index (Phi) is 4.59. The third-order valence-corrected chi connectivity index (χ3v) is 4.19. The van der Waals surface area contributed by atoms with Crippen molar-refractivity contribution in [1.82, 2.24) is 9.80 Å². The van der Waals surface area contributed by atoms with E-state index in [-0.39, 0.29) is 18.6 Å². The molecule has 2 rings (SSSR count). The fraction of sp³-hybridized carbons (Fsp3) is 0.500. The largest absolute Gasteiger partial charge is 0.384 e. The zero-order valence-electron chi connectivity index (χ0n) is 11.2. The molecule has 1 amide bonds. The van der Waals surface area contributed by atoms with Gasteiger partial charge in [0.25, 0.3) is 5.91 Å². The number of amides is 1. The van der Waals surface area contributed by atoms with Gasteiger partial charge in [0.2, 0.25) is 0 Å². The molecule has 0 aliphatic carbocycles. The van der Waals surface area contributed by atoms with Gasteiger partial charge in [0.15, 0.2) is 0 Å². The van der Waals surface area contributed by atoms with Gasteiger partial charge in [-0.05, 0) is 26.1 Å². The van der Waals surface area contributed by atoms with Crippen LogP contribution < -0.4 is 0 Å².